The van der Waals surface area contributed by atoms with Crippen molar-refractivity contribution in [3.63, 3.8) is 0 Å². The second-order valence-corrected chi connectivity index (χ2v) is 9.38. The van der Waals surface area contributed by atoms with Crippen LogP contribution >= 0.6 is 34.7 Å². The predicted octanol–water partition coefficient (Wildman–Crippen LogP) is 6.36. The number of nitrogens with one attached hydrogen (secondary N) is 1. The van der Waals surface area contributed by atoms with Gasteiger partial charge in [-0.25, -0.2) is 0 Å². The Kier molecular flexibility index (Phi) is 5.39. The molecule has 0 aliphatic rings. The Balaban J connectivity index is 1.55. The van der Waals surface area contributed by atoms with Gasteiger partial charge in [0.05, 0.1) is 5.02 Å². The summed E-state index contributed by atoms with van der Waals surface area (Å²) in [5.41, 5.74) is 0.804. The average molecular weight is 430 g/mol. The number of anilines is 1. The van der Waals surface area contributed by atoms with E-state index in [1.807, 2.05) is 48.5 Å². The average Bonchev–Trinajstić information content (AvgIpc) is 3.27. The number of fused-ring (bicyclic) bond motifs is 1. The molecule has 142 valence electrons. The van der Waals surface area contributed by atoms with Gasteiger partial charge in [-0.1, -0.05) is 54.8 Å². The highest BCUT2D eigenvalue weighted by molar-refractivity contribution is 7.99. The summed E-state index contributed by atoms with van der Waals surface area (Å²) in [5, 5.41) is 12.4. The van der Waals surface area contributed by atoms with Gasteiger partial charge in [-0.3, -0.25) is 10.1 Å². The molecule has 0 bridgehead atoms. The molecule has 1 N–H and O–H groups in total. The van der Waals surface area contributed by atoms with Gasteiger partial charge in [0.1, 0.15) is 4.88 Å². The first-order chi connectivity index (χ1) is 13.5. The molecule has 0 spiro atoms. The van der Waals surface area contributed by atoms with E-state index in [4.69, 9.17) is 16.0 Å². The van der Waals surface area contributed by atoms with Crippen molar-refractivity contribution in [3.8, 4) is 11.5 Å². The van der Waals surface area contributed by atoms with Crippen LogP contribution in [0.15, 0.2) is 57.8 Å². The molecule has 0 radical (unpaired) electrons. The normalized spacial score (nSPS) is 11.3. The lowest BCUT2D eigenvalue weighted by atomic mass is 10.2. The Morgan fingerprint density at radius 3 is 2.79 bits per heavy atom. The van der Waals surface area contributed by atoms with Crippen molar-refractivity contribution >= 4 is 56.7 Å². The van der Waals surface area contributed by atoms with Crippen molar-refractivity contribution in [2.24, 2.45) is 0 Å². The molecule has 8 heteroatoms. The summed E-state index contributed by atoms with van der Waals surface area (Å²) in [6, 6.07) is 15.5. The number of aromatic nitrogens is 2. The Morgan fingerprint density at radius 2 is 2.00 bits per heavy atom. The van der Waals surface area contributed by atoms with Crippen molar-refractivity contribution in [1.82, 2.24) is 10.2 Å². The number of benzene rings is 2. The Morgan fingerprint density at radius 1 is 1.18 bits per heavy atom. The lowest BCUT2D eigenvalue weighted by Crippen LogP contribution is -2.10. The molecule has 4 aromatic rings. The summed E-state index contributed by atoms with van der Waals surface area (Å²) in [4.78, 5) is 14.1. The minimum absolute atomic E-state index is 0.0374. The van der Waals surface area contributed by atoms with Crippen molar-refractivity contribution in [2.45, 2.75) is 24.0 Å². The van der Waals surface area contributed by atoms with Gasteiger partial charge in [0.2, 0.25) is 5.89 Å². The molecule has 28 heavy (non-hydrogen) atoms. The topological polar surface area (TPSA) is 68.0 Å². The minimum atomic E-state index is -0.370. The third-order valence-corrected chi connectivity index (χ3v) is 6.51. The summed E-state index contributed by atoms with van der Waals surface area (Å²) in [6.07, 6.45) is 0. The third kappa shape index (κ3) is 3.92. The molecule has 0 atom stereocenters. The van der Waals surface area contributed by atoms with Gasteiger partial charge < -0.3 is 4.42 Å². The Labute approximate surface area is 175 Å². The molecule has 2 aromatic heterocycles. The molecular weight excluding hydrogens is 414 g/mol. The maximum Gasteiger partial charge on any atom is 0.322 e. The van der Waals surface area contributed by atoms with Crippen molar-refractivity contribution in [3.05, 3.63) is 58.4 Å². The molecule has 5 nitrogen and oxygen atoms in total. The van der Waals surface area contributed by atoms with E-state index in [-0.39, 0.29) is 11.9 Å². The number of amides is 1. The number of hydrogen-bond acceptors (Lipinski definition) is 6. The number of thioether (sulfide) groups is 1. The first-order valence-corrected chi connectivity index (χ1v) is 10.7. The molecule has 2 heterocycles. The van der Waals surface area contributed by atoms with Crippen LogP contribution in [0, 0.1) is 0 Å². The van der Waals surface area contributed by atoms with Gasteiger partial charge in [0.25, 0.3) is 5.91 Å². The molecule has 0 aliphatic carbocycles. The maximum atomic E-state index is 12.6. The molecule has 1 amide bonds. The Bertz CT molecular complexity index is 1150. The number of rotatable bonds is 5. The van der Waals surface area contributed by atoms with Gasteiger partial charge in [0, 0.05) is 25.8 Å². The maximum absolute atomic E-state index is 12.6. The van der Waals surface area contributed by atoms with Crippen LogP contribution in [-0.4, -0.2) is 21.4 Å². The quantitative estimate of drug-likeness (QED) is 0.374. The van der Waals surface area contributed by atoms with E-state index in [0.29, 0.717) is 21.0 Å². The zero-order chi connectivity index (χ0) is 19.7. The summed E-state index contributed by atoms with van der Waals surface area (Å²) < 4.78 is 6.58. The molecule has 0 saturated heterocycles. The van der Waals surface area contributed by atoms with E-state index in [0.717, 1.165) is 20.5 Å². The van der Waals surface area contributed by atoms with E-state index in [9.17, 15) is 4.79 Å². The molecule has 0 fully saturated rings. The molecule has 2 aromatic carbocycles. The summed E-state index contributed by atoms with van der Waals surface area (Å²) in [5.74, 6) is -0.0190. The SMILES string of the molecule is CC(C)Sc1cccc(-c2nnc(NC(=O)c3sc4ccccc4c3Cl)o2)c1. The number of thiophene rings is 1. The number of nitrogens with zero attached hydrogens (tertiary/aromatic N) is 2. The fourth-order valence-electron chi connectivity index (χ4n) is 2.68. The fraction of sp³-hybridized carbons (Fsp3) is 0.150. The van der Waals surface area contributed by atoms with Crippen LogP contribution in [0.1, 0.15) is 23.5 Å². The minimum Gasteiger partial charge on any atom is -0.403 e. The van der Waals surface area contributed by atoms with E-state index in [1.54, 1.807) is 11.8 Å². The molecule has 4 rings (SSSR count). The number of halogens is 1. The van der Waals surface area contributed by atoms with Crippen LogP contribution in [0.5, 0.6) is 0 Å². The van der Waals surface area contributed by atoms with Gasteiger partial charge in [-0.15, -0.1) is 28.2 Å². The van der Waals surface area contributed by atoms with E-state index >= 15 is 0 Å². The molecule has 0 aliphatic heterocycles. The van der Waals surface area contributed by atoms with Gasteiger partial charge >= 0.3 is 6.01 Å². The number of carbonyl (C=O) groups is 1. The summed E-state index contributed by atoms with van der Waals surface area (Å²) >= 11 is 9.44. The van der Waals surface area contributed by atoms with E-state index in [1.165, 1.54) is 11.3 Å². The lowest BCUT2D eigenvalue weighted by Gasteiger charge is -2.05. The largest absolute Gasteiger partial charge is 0.403 e. The highest BCUT2D eigenvalue weighted by Gasteiger charge is 2.19. The highest BCUT2D eigenvalue weighted by atomic mass is 35.5. The van der Waals surface area contributed by atoms with Gasteiger partial charge in [-0.05, 0) is 24.3 Å². The lowest BCUT2D eigenvalue weighted by molar-refractivity contribution is 0.102. The number of hydrogen-bond donors (Lipinski definition) is 1. The highest BCUT2D eigenvalue weighted by Crippen LogP contribution is 2.35. The zero-order valence-electron chi connectivity index (χ0n) is 15.1. The van der Waals surface area contributed by atoms with Crippen molar-refractivity contribution < 1.29 is 9.21 Å². The van der Waals surface area contributed by atoms with Crippen molar-refractivity contribution in [2.75, 3.05) is 5.32 Å². The van der Waals surface area contributed by atoms with Crippen LogP contribution in [0.25, 0.3) is 21.5 Å². The van der Waals surface area contributed by atoms with Crippen LogP contribution in [0.2, 0.25) is 5.02 Å². The first kappa shape index (κ1) is 19.0. The smallest absolute Gasteiger partial charge is 0.322 e. The number of carbonyl (C=O) groups excluding carboxylic acids is 1. The summed E-state index contributed by atoms with van der Waals surface area (Å²) in [6.45, 7) is 4.27. The fourth-order valence-corrected chi connectivity index (χ4v) is 4.99. The third-order valence-electron chi connectivity index (χ3n) is 3.84. The zero-order valence-corrected chi connectivity index (χ0v) is 17.5. The van der Waals surface area contributed by atoms with Gasteiger partial charge in [0.15, 0.2) is 0 Å². The van der Waals surface area contributed by atoms with Crippen LogP contribution < -0.4 is 5.32 Å². The second-order valence-electron chi connectivity index (χ2n) is 6.30. The first-order valence-electron chi connectivity index (χ1n) is 8.60. The van der Waals surface area contributed by atoms with E-state index < -0.39 is 0 Å². The molecule has 0 unspecified atom stereocenters. The van der Waals surface area contributed by atoms with Gasteiger partial charge in [-0.2, -0.15) is 0 Å². The summed E-state index contributed by atoms with van der Waals surface area (Å²) in [7, 11) is 0. The van der Waals surface area contributed by atoms with Crippen LogP contribution in [0.4, 0.5) is 6.01 Å². The molecular formula is C20H16ClN3O2S2. The van der Waals surface area contributed by atoms with E-state index in [2.05, 4.69) is 29.4 Å². The van der Waals surface area contributed by atoms with Crippen LogP contribution in [0.3, 0.4) is 0 Å². The second kappa shape index (κ2) is 7.95. The molecule has 0 saturated carbocycles. The monoisotopic (exact) mass is 429 g/mol. The van der Waals surface area contributed by atoms with Crippen molar-refractivity contribution in [1.29, 1.82) is 0 Å². The standard InChI is InChI=1S/C20H16ClN3O2S2/c1-11(2)27-13-7-5-6-12(10-13)19-23-24-20(26-19)22-18(25)17-16(21)14-8-3-4-9-15(14)28-17/h3-11H,1-2H3,(H,22,24,25). The Hall–Kier alpha value is -2.35. The van der Waals surface area contributed by atoms with Crippen LogP contribution in [-0.2, 0) is 0 Å². The predicted molar refractivity (Wildman–Crippen MR) is 116 cm³/mol.